The molecule has 3 saturated heterocycles. The van der Waals surface area contributed by atoms with Gasteiger partial charge in [0, 0.05) is 161 Å². The van der Waals surface area contributed by atoms with Gasteiger partial charge in [-0.1, -0.05) is 44.9 Å². The molecule has 0 aromatic heterocycles. The highest BCUT2D eigenvalue weighted by molar-refractivity contribution is 5.80. The second-order valence-corrected chi connectivity index (χ2v) is 30.6. The van der Waals surface area contributed by atoms with Crippen LogP contribution in [0.3, 0.4) is 0 Å². The Morgan fingerprint density at radius 1 is 0.288 bits per heavy atom. The van der Waals surface area contributed by atoms with Crippen molar-refractivity contribution >= 4 is 101 Å². The molecule has 3 heterocycles. The fourth-order valence-electron chi connectivity index (χ4n) is 14.3. The summed E-state index contributed by atoms with van der Waals surface area (Å²) in [6, 6.07) is -3.42. The average molecular weight is 1790 g/mol. The van der Waals surface area contributed by atoms with Crippen LogP contribution < -0.4 is 37.2 Å². The first-order chi connectivity index (χ1) is 59.4. The number of esters is 9. The molecule has 1 aliphatic carbocycles. The topological polar surface area (TPSA) is 561 Å². The van der Waals surface area contributed by atoms with Gasteiger partial charge in [0.15, 0.2) is 55.5 Å². The number of carbonyl (C=O) groups is 17. The lowest BCUT2D eigenvalue weighted by molar-refractivity contribution is -0.277. The molecule has 4 rings (SSSR count). The molecule has 43 heteroatoms. The summed E-state index contributed by atoms with van der Waals surface area (Å²) < 4.78 is 104. The first-order valence-electron chi connectivity index (χ1n) is 42.6. The molecule has 0 unspecified atom stereocenters. The first kappa shape index (κ1) is 108. The van der Waals surface area contributed by atoms with E-state index in [1.807, 2.05) is 0 Å². The fraction of sp³-hybridized carbons (Fsp3) is 0.793. The first-order valence-corrected chi connectivity index (χ1v) is 42.6. The molecule has 43 nitrogen and oxygen atoms in total. The van der Waals surface area contributed by atoms with E-state index in [-0.39, 0.29) is 128 Å². The number of amides is 7. The number of carboxylic acids is 1. The maximum Gasteiger partial charge on any atom is 0.303 e. The van der Waals surface area contributed by atoms with E-state index in [0.29, 0.717) is 96.3 Å². The molecular weight excluding hydrogens is 1660 g/mol. The summed E-state index contributed by atoms with van der Waals surface area (Å²) >= 11 is 0. The Morgan fingerprint density at radius 2 is 0.560 bits per heavy atom. The Labute approximate surface area is 727 Å². The SMILES string of the molecule is CC(=O)N[C@H]1[C@H](OCCCCCCNC(=O)CCOC2[C@H](OCCC(=O)NCCCCCCO[C@@H]3O[C@H](COC(C)=O)[C@H](OC(C)=O)[C@H](OC(C)=O)[C@H]3NC(C)=O)CC(C(=O)NCCCCCC(=O)O)C[C@H]2OCCC(=O)NCCCCCCO[C@@H]2O[C@H](COC(C)=O)[C@H](OC(C)=O)[C@H](OC(C)=O)[C@H]2NC(C)=O)O[C@H](COC(C)=O)[C@H](OC(C)=O)[C@@H]1OC(C)=O. The molecule has 125 heavy (non-hydrogen) atoms. The molecule has 0 aromatic rings. The largest absolute Gasteiger partial charge is 0.481 e. The Balaban J connectivity index is 1.42. The van der Waals surface area contributed by atoms with Gasteiger partial charge in [-0.05, 0) is 64.2 Å². The van der Waals surface area contributed by atoms with Gasteiger partial charge < -0.3 is 128 Å². The van der Waals surface area contributed by atoms with Gasteiger partial charge in [-0.3, -0.25) is 81.5 Å². The number of hydrogen-bond acceptors (Lipinski definition) is 35. The van der Waals surface area contributed by atoms with Crippen LogP contribution in [-0.4, -0.2) is 302 Å². The standard InChI is InChI=1S/C82H131N7O36/c1-47(90)87-69-76(120-56(10)99)73(117-53(7)96)62(44-114-50(4)93)123-80(69)111-36-25-16-13-21-32-83-65(102)29-39-108-60-42-59(79(107)86-35-24-19-20-28-68(105)106)43-61(109-40-30-66(103)84-33-22-14-17-26-37-112-81-70(88-48(2)91)77(121-57(11)100)74(118-54(8)97)63(124-81)45-115-51(5)94)72(60)110-41-31-67(104)85-34-23-15-18-27-38-113-82-71(89-49(3)92)78(122-58(12)101)75(119-55(9)98)64(125-82)46-116-52(6)95/h59-64,69-78,80-82H,13-46H2,1-12H3,(H,83,102)(H,84,103)(H,85,104)(H,86,107)(H,87,90)(H,88,91)(H,89,92)(H,105,106)/t59?,60-,61-,62-,63-,64-,69-,70-,71-,72?,73+,74+,75+,76-,77-,78-,80-,81-,82-/m1/s1. The van der Waals surface area contributed by atoms with Gasteiger partial charge in [-0.25, -0.2) is 0 Å². The van der Waals surface area contributed by atoms with Crippen LogP contribution in [0.1, 0.15) is 218 Å². The summed E-state index contributed by atoms with van der Waals surface area (Å²) in [6.07, 6.45) is -9.71. The van der Waals surface area contributed by atoms with Gasteiger partial charge in [0.05, 0.1) is 32.0 Å². The van der Waals surface area contributed by atoms with E-state index in [9.17, 15) is 81.5 Å². The van der Waals surface area contributed by atoms with Crippen LogP contribution in [-0.2, 0) is 167 Å². The molecule has 0 aromatic carbocycles. The van der Waals surface area contributed by atoms with Crippen molar-refractivity contribution in [2.75, 3.05) is 85.6 Å². The highest BCUT2D eigenvalue weighted by atomic mass is 16.7. The van der Waals surface area contributed by atoms with Crippen molar-refractivity contribution in [1.82, 2.24) is 37.2 Å². The summed E-state index contributed by atoms with van der Waals surface area (Å²) in [5.41, 5.74) is 0. The third kappa shape index (κ3) is 44.1. The van der Waals surface area contributed by atoms with Crippen molar-refractivity contribution in [2.45, 2.75) is 328 Å². The Kier molecular flexibility index (Phi) is 51.4. The van der Waals surface area contributed by atoms with Crippen LogP contribution in [0.2, 0.25) is 0 Å². The highest BCUT2D eigenvalue weighted by Crippen LogP contribution is 2.35. The molecule has 0 radical (unpaired) electrons. The Bertz CT molecular complexity index is 3330. The van der Waals surface area contributed by atoms with Crippen LogP contribution in [0.4, 0.5) is 0 Å². The minimum atomic E-state index is -1.29. The van der Waals surface area contributed by atoms with E-state index in [1.54, 1.807) is 0 Å². The normalized spacial score (nSPS) is 25.1. The van der Waals surface area contributed by atoms with Gasteiger partial charge in [-0.15, -0.1) is 0 Å². The van der Waals surface area contributed by atoms with E-state index in [1.165, 1.54) is 41.5 Å². The summed E-state index contributed by atoms with van der Waals surface area (Å²) in [7, 11) is 0. The summed E-state index contributed by atoms with van der Waals surface area (Å²) in [5, 5.41) is 28.8. The van der Waals surface area contributed by atoms with Gasteiger partial charge in [0.25, 0.3) is 0 Å². The van der Waals surface area contributed by atoms with Crippen molar-refractivity contribution < 1.29 is 172 Å². The second kappa shape index (κ2) is 59.6. The Hall–Kier alpha value is -9.37. The fourth-order valence-corrected chi connectivity index (χ4v) is 14.3. The van der Waals surface area contributed by atoms with Gasteiger partial charge in [-0.2, -0.15) is 0 Å². The zero-order valence-corrected chi connectivity index (χ0v) is 73.7. The number of hydrogen-bond donors (Lipinski definition) is 8. The molecule has 17 atom stereocenters. The van der Waals surface area contributed by atoms with Crippen molar-refractivity contribution in [3.8, 4) is 0 Å². The summed E-state index contributed by atoms with van der Waals surface area (Å²) in [5.74, 6) is -11.2. The van der Waals surface area contributed by atoms with Crippen LogP contribution in [0.15, 0.2) is 0 Å². The molecule has 7 amide bonds. The zero-order chi connectivity index (χ0) is 92.5. The smallest absolute Gasteiger partial charge is 0.303 e. The predicted molar refractivity (Wildman–Crippen MR) is 429 cm³/mol. The van der Waals surface area contributed by atoms with Gasteiger partial charge >= 0.3 is 59.7 Å². The van der Waals surface area contributed by atoms with Gasteiger partial charge in [0.1, 0.15) is 62.4 Å². The minimum Gasteiger partial charge on any atom is -0.481 e. The van der Waals surface area contributed by atoms with Crippen LogP contribution in [0.5, 0.6) is 0 Å². The van der Waals surface area contributed by atoms with Gasteiger partial charge in [0.2, 0.25) is 41.4 Å². The molecule has 3 aliphatic heterocycles. The van der Waals surface area contributed by atoms with Crippen molar-refractivity contribution in [2.24, 2.45) is 5.92 Å². The average Bonchev–Trinajstić information content (AvgIpc) is 0.781. The molecule has 8 N–H and O–H groups in total. The van der Waals surface area contributed by atoms with Crippen LogP contribution >= 0.6 is 0 Å². The molecule has 1 saturated carbocycles. The lowest BCUT2D eigenvalue weighted by atomic mass is 9.82. The zero-order valence-electron chi connectivity index (χ0n) is 73.7. The number of unbranched alkanes of at least 4 members (excludes halogenated alkanes) is 11. The molecule has 710 valence electrons. The van der Waals surface area contributed by atoms with Crippen molar-refractivity contribution in [3.05, 3.63) is 0 Å². The number of nitrogens with one attached hydrogen (secondary N) is 7. The molecule has 4 fully saturated rings. The van der Waals surface area contributed by atoms with E-state index in [2.05, 4.69) is 37.2 Å². The second-order valence-electron chi connectivity index (χ2n) is 30.6. The lowest BCUT2D eigenvalue weighted by Crippen LogP contribution is -2.66. The quantitative estimate of drug-likeness (QED) is 0.0243. The van der Waals surface area contributed by atoms with E-state index in [4.69, 9.17) is 90.4 Å². The van der Waals surface area contributed by atoms with Crippen molar-refractivity contribution in [1.29, 1.82) is 0 Å². The number of carbonyl (C=O) groups excluding carboxylic acids is 16. The molecular formula is C82H131N7O36. The molecule has 0 spiro atoms. The summed E-state index contributed by atoms with van der Waals surface area (Å²) in [4.78, 5) is 212. The van der Waals surface area contributed by atoms with Crippen molar-refractivity contribution in [3.63, 3.8) is 0 Å². The number of ether oxygens (including phenoxy) is 18. The maximum absolute atomic E-state index is 14.1. The summed E-state index contributed by atoms with van der Waals surface area (Å²) in [6.45, 7) is 13.7. The molecule has 4 aliphatic rings. The number of aliphatic carboxylic acids is 1. The third-order valence-electron chi connectivity index (χ3n) is 19.7. The maximum atomic E-state index is 14.1. The Morgan fingerprint density at radius 3 is 0.840 bits per heavy atom. The van der Waals surface area contributed by atoms with E-state index in [0.717, 1.165) is 41.5 Å². The lowest BCUT2D eigenvalue weighted by Gasteiger charge is -2.44. The molecule has 0 bridgehead atoms. The highest BCUT2D eigenvalue weighted by Gasteiger charge is 2.55. The number of rotatable bonds is 58. The monoisotopic (exact) mass is 1790 g/mol. The van der Waals surface area contributed by atoms with Crippen LogP contribution in [0.25, 0.3) is 0 Å². The van der Waals surface area contributed by atoms with E-state index >= 15 is 0 Å². The minimum absolute atomic E-state index is 0.0338. The number of carboxylic acid groups (broad SMARTS) is 1. The predicted octanol–water partition coefficient (Wildman–Crippen LogP) is 1.53. The third-order valence-corrected chi connectivity index (χ3v) is 19.7. The van der Waals surface area contributed by atoms with Crippen LogP contribution in [0, 0.1) is 5.92 Å². The van der Waals surface area contributed by atoms with E-state index < -0.39 is 213 Å².